The molecule has 3 saturated heterocycles. The number of carbonyl (C=O) groups is 2. The third-order valence-electron chi connectivity index (χ3n) is 10.8. The Labute approximate surface area is 228 Å². The molecule has 0 atom stereocenters. The smallest absolute Gasteiger partial charge is 0.399 e. The Morgan fingerprint density at radius 2 is 1.55 bits per heavy atom. The van der Waals surface area contributed by atoms with Gasteiger partial charge in [0.1, 0.15) is 0 Å². The molecule has 1 aliphatic carbocycles. The first kappa shape index (κ1) is 26.3. The highest BCUT2D eigenvalue weighted by atomic mass is 16.7. The van der Waals surface area contributed by atoms with E-state index in [1.165, 1.54) is 25.9 Å². The highest BCUT2D eigenvalue weighted by Gasteiger charge is 2.57. The van der Waals surface area contributed by atoms with Crippen LogP contribution in [0.2, 0.25) is 0 Å². The van der Waals surface area contributed by atoms with Gasteiger partial charge in [-0.15, -0.1) is 0 Å². The Balaban J connectivity index is 1.29. The van der Waals surface area contributed by atoms with E-state index in [9.17, 15) is 9.59 Å². The fraction of sp³-hybridized carbons (Fsp3) is 0.733. The largest absolute Gasteiger partial charge is 0.494 e. The third kappa shape index (κ3) is 4.05. The summed E-state index contributed by atoms with van der Waals surface area (Å²) in [6.07, 6.45) is 6.00. The van der Waals surface area contributed by atoms with Crippen LogP contribution in [-0.2, 0) is 24.3 Å². The maximum absolute atomic E-state index is 14.4. The maximum Gasteiger partial charge on any atom is 0.494 e. The number of carbonyl (C=O) groups excluding carboxylic acids is 2. The molecule has 2 amide bonds. The van der Waals surface area contributed by atoms with Crippen molar-refractivity contribution >= 4 is 30.1 Å². The maximum atomic E-state index is 14.4. The van der Waals surface area contributed by atoms with Crippen molar-refractivity contribution in [1.29, 1.82) is 0 Å². The number of hydrogen-bond acceptors (Lipinski definition) is 5. The number of likely N-dealkylation sites (tertiary alicyclic amines) is 2. The normalized spacial score (nSPS) is 30.6. The van der Waals surface area contributed by atoms with Gasteiger partial charge < -0.3 is 24.0 Å². The number of hydrogen-bond donors (Lipinski definition) is 0. The van der Waals surface area contributed by atoms with Crippen LogP contribution < -0.4 is 10.4 Å². The van der Waals surface area contributed by atoms with E-state index in [2.05, 4.69) is 62.6 Å². The summed E-state index contributed by atoms with van der Waals surface area (Å²) >= 11 is 0. The standard InChI is InChI=1S/C30H44BN3O4/c1-20-9-13-33(14-10-20)23-18-24(19-23)34-26-17-22(31-37-28(3,4)29(5,6)38-31)7-8-25(26)30(27(34)36)11-15-32(16-12-30)21(2)35/h7-8,17,20,23-24H,9-16,18-19H2,1-6H3. The molecule has 4 aliphatic heterocycles. The van der Waals surface area contributed by atoms with Gasteiger partial charge in [-0.25, -0.2) is 0 Å². The minimum absolute atomic E-state index is 0.0937. The molecule has 0 radical (unpaired) electrons. The number of rotatable bonds is 3. The molecule has 206 valence electrons. The fourth-order valence-corrected chi connectivity index (χ4v) is 7.24. The van der Waals surface area contributed by atoms with E-state index in [-0.39, 0.29) is 17.9 Å². The monoisotopic (exact) mass is 521 g/mol. The van der Waals surface area contributed by atoms with E-state index in [4.69, 9.17) is 9.31 Å². The average Bonchev–Trinajstić information content (AvgIpc) is 3.20. The van der Waals surface area contributed by atoms with E-state index in [0.29, 0.717) is 32.0 Å². The van der Waals surface area contributed by atoms with Crippen molar-refractivity contribution < 1.29 is 18.9 Å². The molecular formula is C30H44BN3O4. The second-order valence-electron chi connectivity index (χ2n) is 13.6. The SMILES string of the molecule is CC(=O)N1CCC2(CC1)C(=O)N(C1CC(N3CCC(C)CC3)C1)c1cc(B3OC(C)(C)C(C)(C)O3)ccc12. The molecular weight excluding hydrogens is 477 g/mol. The summed E-state index contributed by atoms with van der Waals surface area (Å²) in [7, 11) is -0.456. The summed E-state index contributed by atoms with van der Waals surface area (Å²) in [5.41, 5.74) is 1.76. The van der Waals surface area contributed by atoms with Crippen LogP contribution in [0, 0.1) is 5.92 Å². The van der Waals surface area contributed by atoms with Crippen LogP contribution in [-0.4, -0.2) is 78.2 Å². The molecule has 1 saturated carbocycles. The van der Waals surface area contributed by atoms with E-state index in [1.807, 2.05) is 4.90 Å². The van der Waals surface area contributed by atoms with Crippen molar-refractivity contribution in [2.75, 3.05) is 31.1 Å². The molecule has 6 rings (SSSR count). The second kappa shape index (κ2) is 9.07. The van der Waals surface area contributed by atoms with Crippen molar-refractivity contribution in [3.05, 3.63) is 23.8 Å². The first-order chi connectivity index (χ1) is 17.9. The van der Waals surface area contributed by atoms with Gasteiger partial charge in [-0.2, -0.15) is 0 Å². The Hall–Kier alpha value is -1.90. The third-order valence-corrected chi connectivity index (χ3v) is 10.8. The van der Waals surface area contributed by atoms with Gasteiger partial charge >= 0.3 is 7.12 Å². The van der Waals surface area contributed by atoms with Crippen molar-refractivity contribution in [1.82, 2.24) is 9.80 Å². The summed E-state index contributed by atoms with van der Waals surface area (Å²) in [5, 5.41) is 0. The van der Waals surface area contributed by atoms with Gasteiger partial charge in [0.2, 0.25) is 11.8 Å². The minimum atomic E-state index is -0.540. The van der Waals surface area contributed by atoms with E-state index in [1.54, 1.807) is 6.92 Å². The molecule has 0 unspecified atom stereocenters. The van der Waals surface area contributed by atoms with Crippen molar-refractivity contribution in [2.24, 2.45) is 5.92 Å². The molecule has 1 aromatic rings. The topological polar surface area (TPSA) is 62.3 Å². The molecule has 0 aromatic heterocycles. The Morgan fingerprint density at radius 1 is 0.947 bits per heavy atom. The van der Waals surface area contributed by atoms with Crippen LogP contribution in [0.5, 0.6) is 0 Å². The van der Waals surface area contributed by atoms with Gasteiger partial charge in [0.05, 0.1) is 16.6 Å². The predicted molar refractivity (Wildman–Crippen MR) is 150 cm³/mol. The summed E-state index contributed by atoms with van der Waals surface area (Å²) in [6.45, 7) is 15.9. The van der Waals surface area contributed by atoms with Crippen LogP contribution in [0.25, 0.3) is 0 Å². The summed E-state index contributed by atoms with van der Waals surface area (Å²) < 4.78 is 12.8. The molecule has 38 heavy (non-hydrogen) atoms. The fourth-order valence-electron chi connectivity index (χ4n) is 7.24. The lowest BCUT2D eigenvalue weighted by atomic mass is 9.71. The highest BCUT2D eigenvalue weighted by molar-refractivity contribution is 6.62. The molecule has 0 N–H and O–H groups in total. The van der Waals surface area contributed by atoms with Gasteiger partial charge in [-0.3, -0.25) is 9.59 Å². The number of anilines is 1. The highest BCUT2D eigenvalue weighted by Crippen LogP contribution is 2.51. The molecule has 1 spiro atoms. The van der Waals surface area contributed by atoms with E-state index in [0.717, 1.165) is 35.5 Å². The van der Waals surface area contributed by atoms with Gasteiger partial charge in [0.25, 0.3) is 0 Å². The lowest BCUT2D eigenvalue weighted by molar-refractivity contribution is -0.134. The van der Waals surface area contributed by atoms with Gasteiger partial charge in [0, 0.05) is 37.8 Å². The molecule has 0 bridgehead atoms. The predicted octanol–water partition coefficient (Wildman–Crippen LogP) is 3.48. The average molecular weight is 522 g/mol. The van der Waals surface area contributed by atoms with E-state index >= 15 is 0 Å². The zero-order chi connectivity index (χ0) is 27.0. The summed E-state index contributed by atoms with van der Waals surface area (Å²) in [5.74, 6) is 1.15. The zero-order valence-electron chi connectivity index (χ0n) is 24.1. The van der Waals surface area contributed by atoms with Crippen molar-refractivity contribution in [3.8, 4) is 0 Å². The Kier molecular flexibility index (Phi) is 6.28. The summed E-state index contributed by atoms with van der Waals surface area (Å²) in [6, 6.07) is 7.21. The molecule has 5 aliphatic rings. The first-order valence-electron chi connectivity index (χ1n) is 14.8. The van der Waals surface area contributed by atoms with Crippen LogP contribution in [0.3, 0.4) is 0 Å². The number of fused-ring (bicyclic) bond motifs is 2. The number of nitrogens with zero attached hydrogens (tertiary/aromatic N) is 3. The van der Waals surface area contributed by atoms with Gasteiger partial charge in [-0.1, -0.05) is 19.1 Å². The second-order valence-corrected chi connectivity index (χ2v) is 13.6. The molecule has 4 heterocycles. The Bertz CT molecular complexity index is 1100. The lowest BCUT2D eigenvalue weighted by Gasteiger charge is -2.49. The molecule has 8 heteroatoms. The first-order valence-corrected chi connectivity index (χ1v) is 14.8. The zero-order valence-corrected chi connectivity index (χ0v) is 24.1. The number of amides is 2. The molecule has 7 nitrogen and oxygen atoms in total. The molecule has 4 fully saturated rings. The van der Waals surface area contributed by atoms with Gasteiger partial charge in [-0.05, 0) is 102 Å². The van der Waals surface area contributed by atoms with E-state index < -0.39 is 23.7 Å². The number of benzene rings is 1. The summed E-state index contributed by atoms with van der Waals surface area (Å²) in [4.78, 5) is 33.1. The van der Waals surface area contributed by atoms with Crippen LogP contribution in [0.15, 0.2) is 18.2 Å². The lowest BCUT2D eigenvalue weighted by Crippen LogP contribution is -2.58. The Morgan fingerprint density at radius 3 is 2.13 bits per heavy atom. The molecule has 1 aromatic carbocycles. The van der Waals surface area contributed by atoms with Gasteiger partial charge in [0.15, 0.2) is 0 Å². The van der Waals surface area contributed by atoms with Crippen LogP contribution >= 0.6 is 0 Å². The van der Waals surface area contributed by atoms with Crippen molar-refractivity contribution in [2.45, 2.75) is 109 Å². The van der Waals surface area contributed by atoms with Crippen molar-refractivity contribution in [3.63, 3.8) is 0 Å². The van der Waals surface area contributed by atoms with Crippen LogP contribution in [0.4, 0.5) is 5.69 Å². The van der Waals surface area contributed by atoms with Crippen LogP contribution in [0.1, 0.15) is 85.6 Å². The minimum Gasteiger partial charge on any atom is -0.399 e. The quantitative estimate of drug-likeness (QED) is 0.571. The number of piperidine rings is 2.